The third kappa shape index (κ3) is 50.5. The van der Waals surface area contributed by atoms with E-state index in [1.165, 1.54) is 79.7 Å². The summed E-state index contributed by atoms with van der Waals surface area (Å²) in [6.07, 6.45) is -24.9. The Hall–Kier alpha value is -5.50. The molecule has 0 fully saturated rings. The summed E-state index contributed by atoms with van der Waals surface area (Å²) in [6, 6.07) is 17.0. The average molecular weight is 1390 g/mol. The van der Waals surface area contributed by atoms with Gasteiger partial charge in [-0.3, -0.25) is 0 Å². The van der Waals surface area contributed by atoms with Crippen LogP contribution >= 0.6 is 0 Å². The molecule has 5 aromatic rings. The van der Waals surface area contributed by atoms with Gasteiger partial charge in [0.2, 0.25) is 0 Å². The predicted molar refractivity (Wildman–Crippen MR) is 383 cm³/mol. The molecular weight excluding hydrogens is 1210 g/mol. The summed E-state index contributed by atoms with van der Waals surface area (Å²) in [4.78, 5) is 0. The molecule has 0 aromatic heterocycles. The molecule has 0 saturated carbocycles. The molecule has 7 atom stereocenters. The lowest BCUT2D eigenvalue weighted by Gasteiger charge is -2.15. The van der Waals surface area contributed by atoms with E-state index in [2.05, 4.69) is 45.0 Å². The van der Waals surface area contributed by atoms with Crippen molar-refractivity contribution in [2.75, 3.05) is 134 Å². The molecular formula is C75H125N5O15. The molecule has 5 rings (SSSR count). The zero-order valence-electron chi connectivity index (χ0n) is 108. The highest BCUT2D eigenvalue weighted by atomic mass is 16.5. The SMILES string of the molecule is [2H]C(O)(CNC(C)C([2H])([2H])[2H])COc1ccc(C([2H])([2H])C([2H])([2H])OC([2H])([2H])[2H])cc1.[2H]C(O)(CNC(C)C)COc1ccc(C([2H])([2H])C([2H])([2H])OC([2H])([2H])[2H])cc1.[2H]C(O)(CNC([2H])(C([2H])([2H])[2H])C([2H])([2H])[2H])COc1ccc(C([2H])([2H])C([2H])([2H])OC([2H])([2H])[2H])cc1.[2H]C(O)(CNC([2H])(C)C([2H])([2H])[2H])COc1ccc(C([2H])([2H])C([2H])([2H])OC([2H])([2H])[2H])cc1.[2H]C(O)(CNC([2H])(C)C)COc1ccc(C([2H])([2H])C([2H])([2H])OC([2H])([2H])[2H])cc1. The molecule has 0 amide bonds. The number of rotatable bonds is 45. The first-order valence-corrected chi connectivity index (χ1v) is 28.1. The van der Waals surface area contributed by atoms with Crippen LogP contribution in [0.3, 0.4) is 0 Å². The Labute approximate surface area is 648 Å². The molecule has 0 aliphatic rings. The van der Waals surface area contributed by atoms with E-state index in [1.807, 2.05) is 19.2 Å². The average Bonchev–Trinajstić information content (AvgIpc) is 0.770. The molecule has 0 spiro atoms. The molecule has 7 unspecified atom stereocenters. The Morgan fingerprint density at radius 1 is 0.305 bits per heavy atom. The fourth-order valence-electron chi connectivity index (χ4n) is 5.98. The monoisotopic (exact) mass is 1390 g/mol. The fraction of sp³-hybridized carbons (Fsp3) is 0.600. The second kappa shape index (κ2) is 56.5. The molecule has 20 nitrogen and oxygen atoms in total. The lowest BCUT2D eigenvalue weighted by atomic mass is 10.1. The largest absolute Gasteiger partial charge is 0.491 e. The Balaban J connectivity index is 0.000000939. The Bertz CT molecular complexity index is 4860. The van der Waals surface area contributed by atoms with E-state index < -0.39 is 221 Å². The van der Waals surface area contributed by atoms with Gasteiger partial charge in [0.15, 0.2) is 0 Å². The van der Waals surface area contributed by atoms with E-state index in [-0.39, 0.29) is 88.8 Å². The minimum absolute atomic E-state index is 0.00201. The van der Waals surface area contributed by atoms with Crippen molar-refractivity contribution in [3.63, 3.8) is 0 Å². The van der Waals surface area contributed by atoms with Crippen LogP contribution < -0.4 is 50.3 Å². The lowest BCUT2D eigenvalue weighted by molar-refractivity contribution is 0.104. The summed E-state index contributed by atoms with van der Waals surface area (Å²) in [5.41, 5.74) is -1.07. The third-order valence-electron chi connectivity index (χ3n) is 10.5. The number of hydrogen-bond donors (Lipinski definition) is 10. The van der Waals surface area contributed by atoms with Gasteiger partial charge in [-0.1, -0.05) is 130 Å². The highest BCUT2D eigenvalue weighted by molar-refractivity contribution is 5.31. The second-order valence-electron chi connectivity index (χ2n) is 19.2. The van der Waals surface area contributed by atoms with Gasteiger partial charge in [0.25, 0.3) is 0 Å². The van der Waals surface area contributed by atoms with Crippen LogP contribution in [-0.4, -0.2) is 220 Å². The standard InChI is InChI=1S/5C15H25NO3/c5*1-12(2)16-10-14(17)11-19-15-6-4-13(5-7-15)8-9-18-3/h5*4-7,12,14,16-17H,8-11H2,1-3H3/i1D3,2D3,3D3,8D2,9D2,12D,14D;1D3,3D3,8D2,9D2,12D,14D;3D3,8D2,9D2,12D,14D;1D3,3D3,8D2,9D2,14D;3D3,8D2,9D2,14D. The van der Waals surface area contributed by atoms with Crippen LogP contribution in [0.1, 0.15) is 172 Å². The molecule has 0 heterocycles. The van der Waals surface area contributed by atoms with Crippen LogP contribution in [0.5, 0.6) is 28.7 Å². The van der Waals surface area contributed by atoms with E-state index in [4.69, 9.17) is 99.1 Å². The zero-order valence-corrected chi connectivity index (χ0v) is 53.1. The van der Waals surface area contributed by atoms with Crippen LogP contribution in [0.2, 0.25) is 0 Å². The van der Waals surface area contributed by atoms with Gasteiger partial charge in [0.1, 0.15) is 92.2 Å². The Morgan fingerprint density at radius 2 is 0.526 bits per heavy atom. The highest BCUT2D eigenvalue weighted by Gasteiger charge is 2.11. The minimum Gasteiger partial charge on any atom is -0.491 e. The normalized spacial score (nSPS) is 26.7. The van der Waals surface area contributed by atoms with Crippen LogP contribution in [-0.2, 0) is 55.5 Å². The molecule has 20 heteroatoms. The second-order valence-corrected chi connectivity index (χ2v) is 19.2. The summed E-state index contributed by atoms with van der Waals surface area (Å²) in [5, 5.41) is 62.3. The molecule has 0 aliphatic carbocycles. The van der Waals surface area contributed by atoms with E-state index in [9.17, 15) is 25.5 Å². The predicted octanol–water partition coefficient (Wildman–Crippen LogP) is 8.07. The number of hydrogen-bond acceptors (Lipinski definition) is 20. The quantitative estimate of drug-likeness (QED) is 0.0177. The van der Waals surface area contributed by atoms with Crippen LogP contribution in [0, 0.1) is 0 Å². The van der Waals surface area contributed by atoms with Crippen molar-refractivity contribution in [2.45, 2.75) is 161 Å². The van der Waals surface area contributed by atoms with Crippen molar-refractivity contribution in [1.29, 1.82) is 0 Å². The van der Waals surface area contributed by atoms with Crippen molar-refractivity contribution in [2.24, 2.45) is 0 Å². The number of nitrogens with one attached hydrogen (secondary N) is 5. The van der Waals surface area contributed by atoms with E-state index in [0.717, 1.165) is 55.5 Å². The number of methoxy groups -OCH3 is 5. The van der Waals surface area contributed by atoms with E-state index >= 15 is 0 Å². The minimum atomic E-state index is -3.31. The number of ether oxygens (including phenoxy) is 10. The van der Waals surface area contributed by atoms with Crippen LogP contribution in [0.4, 0.5) is 0 Å². The van der Waals surface area contributed by atoms with E-state index in [0.29, 0.717) is 0 Å². The highest BCUT2D eigenvalue weighted by Crippen LogP contribution is 2.17. The molecule has 10 N–H and O–H groups in total. The van der Waals surface area contributed by atoms with Gasteiger partial charge in [-0.15, -0.1) is 0 Å². The molecule has 0 bridgehead atoms. The lowest BCUT2D eigenvalue weighted by Crippen LogP contribution is -2.35. The molecule has 95 heavy (non-hydrogen) atoms. The van der Waals surface area contributed by atoms with Gasteiger partial charge in [-0.2, -0.15) is 0 Å². The number of aryl methyl sites for hydroxylation is 5. The molecule has 0 radical (unpaired) electrons. The first kappa shape index (κ1) is 33.6. The fourth-order valence-corrected chi connectivity index (χ4v) is 5.98. The van der Waals surface area contributed by atoms with Gasteiger partial charge in [-0.25, -0.2) is 0 Å². The van der Waals surface area contributed by atoms with Gasteiger partial charge in [0, 0.05) is 132 Å². The van der Waals surface area contributed by atoms with Crippen LogP contribution in [0.15, 0.2) is 121 Å². The van der Waals surface area contributed by atoms with Crippen molar-refractivity contribution in [3.8, 4) is 28.7 Å². The van der Waals surface area contributed by atoms with Gasteiger partial charge >= 0.3 is 0 Å². The van der Waals surface area contributed by atoms with Crippen molar-refractivity contribution in [3.05, 3.63) is 149 Å². The summed E-state index contributed by atoms with van der Waals surface area (Å²) < 4.78 is 457. The summed E-state index contributed by atoms with van der Waals surface area (Å²) in [6.45, 7) is -22.8. The van der Waals surface area contributed by atoms with Crippen molar-refractivity contribution in [1.82, 2.24) is 26.6 Å². The smallest absolute Gasteiger partial charge is 0.119 e. The molecule has 5 aromatic carbocycles. The molecule has 0 aliphatic heterocycles. The summed E-state index contributed by atoms with van der Waals surface area (Å²) in [5.74, 6) is 0.592. The summed E-state index contributed by atoms with van der Waals surface area (Å²) in [7, 11) is -15.7. The van der Waals surface area contributed by atoms with Crippen molar-refractivity contribution < 1.29 is 148 Å². The topological polar surface area (TPSA) is 254 Å². The maximum absolute atomic E-state index is 10.1. The maximum Gasteiger partial charge on any atom is 0.119 e. The Kier molecular flexibility index (Phi) is 20.0. The van der Waals surface area contributed by atoms with Gasteiger partial charge < -0.3 is 99.5 Å². The van der Waals surface area contributed by atoms with E-state index in [1.54, 1.807) is 13.8 Å². The zero-order chi connectivity index (χ0) is 118. The third-order valence-corrected chi connectivity index (χ3v) is 10.5. The molecule has 540 valence electrons. The Morgan fingerprint density at radius 3 is 0.737 bits per heavy atom. The van der Waals surface area contributed by atoms with Crippen LogP contribution in [0.25, 0.3) is 0 Å². The first-order chi connectivity index (χ1) is 66.1. The van der Waals surface area contributed by atoms with Gasteiger partial charge in [-0.05, 0) is 120 Å². The summed E-state index contributed by atoms with van der Waals surface area (Å²) >= 11 is 0. The first-order valence-electron chi connectivity index (χ1n) is 55.6. The van der Waals surface area contributed by atoms with Crippen molar-refractivity contribution >= 4 is 0 Å². The molecule has 0 saturated heterocycles. The maximum atomic E-state index is 10.1. The number of aliphatic hydroxyl groups is 5. The van der Waals surface area contributed by atoms with Gasteiger partial charge in [0.05, 0.1) is 73.9 Å². The number of benzene rings is 5.